The van der Waals surface area contributed by atoms with E-state index in [0.29, 0.717) is 11.9 Å². The Labute approximate surface area is 86.5 Å². The molecule has 0 aliphatic heterocycles. The number of nitrogens with zero attached hydrogens (tertiary/aromatic N) is 2. The zero-order valence-electron chi connectivity index (χ0n) is 8.67. The van der Waals surface area contributed by atoms with Crippen LogP contribution in [0.2, 0.25) is 0 Å². The number of para-hydroxylation sites is 1. The van der Waals surface area contributed by atoms with Gasteiger partial charge in [0.1, 0.15) is 5.69 Å². The quantitative estimate of drug-likeness (QED) is 0.744. The summed E-state index contributed by atoms with van der Waals surface area (Å²) in [6.07, 6.45) is 0. The van der Waals surface area contributed by atoms with Gasteiger partial charge in [-0.2, -0.15) is 13.9 Å². The number of rotatable bonds is 2. The number of fused-ring (bicyclic) bond motifs is 1. The van der Waals surface area contributed by atoms with E-state index < -0.39 is 5.92 Å². The molecule has 2 rings (SSSR count). The molecule has 1 aromatic carbocycles. The molecule has 0 radical (unpaired) electrons. The number of hydrogen-bond acceptors (Lipinski definition) is 1. The van der Waals surface area contributed by atoms with Crippen LogP contribution in [0.5, 0.6) is 0 Å². The van der Waals surface area contributed by atoms with Gasteiger partial charge in [0, 0.05) is 18.9 Å². The topological polar surface area (TPSA) is 17.8 Å². The monoisotopic (exact) mass is 210 g/mol. The molecule has 2 nitrogen and oxygen atoms in total. The molecule has 0 saturated heterocycles. The second-order valence-corrected chi connectivity index (χ2v) is 3.57. The Kier molecular flexibility index (Phi) is 2.21. The summed E-state index contributed by atoms with van der Waals surface area (Å²) in [5.74, 6) is -2.89. The largest absolute Gasteiger partial charge is 0.289 e. The lowest BCUT2D eigenvalue weighted by atomic mass is 10.1. The van der Waals surface area contributed by atoms with E-state index in [1.165, 1.54) is 0 Å². The van der Waals surface area contributed by atoms with Gasteiger partial charge in [-0.15, -0.1) is 0 Å². The third-order valence-corrected chi connectivity index (χ3v) is 2.37. The number of alkyl halides is 2. The molecular weight excluding hydrogens is 198 g/mol. The van der Waals surface area contributed by atoms with Gasteiger partial charge in [-0.3, -0.25) is 4.68 Å². The molecule has 4 heteroatoms. The highest BCUT2D eigenvalue weighted by atomic mass is 19.3. The van der Waals surface area contributed by atoms with Crippen LogP contribution in [0.15, 0.2) is 24.3 Å². The molecule has 2 aromatic rings. The second kappa shape index (κ2) is 3.29. The van der Waals surface area contributed by atoms with Crippen LogP contribution in [0.3, 0.4) is 0 Å². The predicted octanol–water partition coefficient (Wildman–Crippen LogP) is 3.17. The highest BCUT2D eigenvalue weighted by molar-refractivity contribution is 5.82. The lowest BCUT2D eigenvalue weighted by Gasteiger charge is -2.05. The summed E-state index contributed by atoms with van der Waals surface area (Å²) in [6, 6.07) is 7.06. The first kappa shape index (κ1) is 10.1. The van der Waals surface area contributed by atoms with E-state index >= 15 is 0 Å². The van der Waals surface area contributed by atoms with E-state index in [4.69, 9.17) is 0 Å². The fourth-order valence-corrected chi connectivity index (χ4v) is 1.69. The van der Waals surface area contributed by atoms with Crippen molar-refractivity contribution in [2.45, 2.75) is 26.3 Å². The van der Waals surface area contributed by atoms with Crippen molar-refractivity contribution in [2.75, 3.05) is 0 Å². The Morgan fingerprint density at radius 3 is 2.60 bits per heavy atom. The van der Waals surface area contributed by atoms with Crippen molar-refractivity contribution in [2.24, 2.45) is 0 Å². The molecule has 0 spiro atoms. The van der Waals surface area contributed by atoms with Crippen LogP contribution < -0.4 is 0 Å². The molecule has 1 heterocycles. The van der Waals surface area contributed by atoms with E-state index in [2.05, 4.69) is 5.10 Å². The smallest absolute Gasteiger partial charge is 0.265 e. The number of benzene rings is 1. The molecule has 80 valence electrons. The SMILES string of the molecule is CCn1nc(C(C)(F)F)c2ccccc21. The standard InChI is InChI=1S/C11H12F2N2/c1-3-15-9-7-5-4-6-8(9)10(14-15)11(2,12)13/h4-7H,3H2,1-2H3. The Hall–Kier alpha value is -1.45. The highest BCUT2D eigenvalue weighted by Crippen LogP contribution is 2.31. The molecule has 0 aliphatic rings. The molecule has 0 bridgehead atoms. The van der Waals surface area contributed by atoms with Gasteiger partial charge in [0.05, 0.1) is 5.52 Å². The molecule has 0 unspecified atom stereocenters. The maximum Gasteiger partial charge on any atom is 0.289 e. The van der Waals surface area contributed by atoms with Gasteiger partial charge in [0.15, 0.2) is 0 Å². The fraction of sp³-hybridized carbons (Fsp3) is 0.364. The van der Waals surface area contributed by atoms with Gasteiger partial charge >= 0.3 is 0 Å². The number of aromatic nitrogens is 2. The predicted molar refractivity (Wildman–Crippen MR) is 55.0 cm³/mol. The maximum atomic E-state index is 13.3. The van der Waals surface area contributed by atoms with E-state index in [0.717, 1.165) is 12.4 Å². The van der Waals surface area contributed by atoms with E-state index in [1.54, 1.807) is 22.9 Å². The van der Waals surface area contributed by atoms with Crippen LogP contribution in [0.25, 0.3) is 10.9 Å². The van der Waals surface area contributed by atoms with Crippen molar-refractivity contribution in [3.05, 3.63) is 30.0 Å². The zero-order chi connectivity index (χ0) is 11.1. The first-order valence-corrected chi connectivity index (χ1v) is 4.88. The molecule has 0 N–H and O–H groups in total. The number of aryl methyl sites for hydroxylation is 1. The Morgan fingerprint density at radius 1 is 1.33 bits per heavy atom. The molecule has 15 heavy (non-hydrogen) atoms. The van der Waals surface area contributed by atoms with E-state index in [9.17, 15) is 8.78 Å². The van der Waals surface area contributed by atoms with Crippen LogP contribution in [0.4, 0.5) is 8.78 Å². The first-order valence-electron chi connectivity index (χ1n) is 4.88. The third kappa shape index (κ3) is 1.60. The summed E-state index contributed by atoms with van der Waals surface area (Å²) in [5, 5.41) is 4.48. The molecule has 1 aromatic heterocycles. The van der Waals surface area contributed by atoms with Crippen LogP contribution in [0, 0.1) is 0 Å². The van der Waals surface area contributed by atoms with Crippen molar-refractivity contribution in [1.82, 2.24) is 9.78 Å². The van der Waals surface area contributed by atoms with Crippen molar-refractivity contribution in [3.8, 4) is 0 Å². The first-order chi connectivity index (χ1) is 7.04. The average molecular weight is 210 g/mol. The van der Waals surface area contributed by atoms with Crippen LogP contribution in [-0.2, 0) is 12.5 Å². The minimum Gasteiger partial charge on any atom is -0.265 e. The molecule has 0 saturated carbocycles. The van der Waals surface area contributed by atoms with Crippen LogP contribution >= 0.6 is 0 Å². The number of hydrogen-bond donors (Lipinski definition) is 0. The summed E-state index contributed by atoms with van der Waals surface area (Å²) in [6.45, 7) is 3.36. The lowest BCUT2D eigenvalue weighted by molar-refractivity contribution is 0.0136. The van der Waals surface area contributed by atoms with Crippen molar-refractivity contribution < 1.29 is 8.78 Å². The summed E-state index contributed by atoms with van der Waals surface area (Å²) in [5.41, 5.74) is 0.622. The Morgan fingerprint density at radius 2 is 2.00 bits per heavy atom. The Bertz CT molecular complexity index is 483. The van der Waals surface area contributed by atoms with Crippen molar-refractivity contribution in [3.63, 3.8) is 0 Å². The average Bonchev–Trinajstić information content (AvgIpc) is 2.55. The molecule has 0 fully saturated rings. The van der Waals surface area contributed by atoms with Gasteiger partial charge in [-0.1, -0.05) is 18.2 Å². The maximum absolute atomic E-state index is 13.3. The van der Waals surface area contributed by atoms with Crippen molar-refractivity contribution in [1.29, 1.82) is 0 Å². The van der Waals surface area contributed by atoms with Gasteiger partial charge in [0.25, 0.3) is 5.92 Å². The van der Waals surface area contributed by atoms with E-state index in [1.807, 2.05) is 13.0 Å². The molecule has 0 amide bonds. The fourth-order valence-electron chi connectivity index (χ4n) is 1.69. The summed E-state index contributed by atoms with van der Waals surface area (Å²) < 4.78 is 28.1. The van der Waals surface area contributed by atoms with Gasteiger partial charge in [-0.05, 0) is 13.0 Å². The molecule has 0 aliphatic carbocycles. The molecular formula is C11H12F2N2. The third-order valence-electron chi connectivity index (χ3n) is 2.37. The van der Waals surface area contributed by atoms with Gasteiger partial charge < -0.3 is 0 Å². The van der Waals surface area contributed by atoms with Gasteiger partial charge in [0.2, 0.25) is 0 Å². The number of halogens is 2. The minimum absolute atomic E-state index is 0.139. The second-order valence-electron chi connectivity index (χ2n) is 3.57. The summed E-state index contributed by atoms with van der Waals surface area (Å²) in [7, 11) is 0. The summed E-state index contributed by atoms with van der Waals surface area (Å²) >= 11 is 0. The highest BCUT2D eigenvalue weighted by Gasteiger charge is 2.30. The molecule has 0 atom stereocenters. The van der Waals surface area contributed by atoms with Crippen LogP contribution in [0.1, 0.15) is 19.5 Å². The van der Waals surface area contributed by atoms with Crippen LogP contribution in [-0.4, -0.2) is 9.78 Å². The summed E-state index contributed by atoms with van der Waals surface area (Å²) in [4.78, 5) is 0. The zero-order valence-corrected chi connectivity index (χ0v) is 8.67. The Balaban J connectivity index is 2.76. The normalized spacial score (nSPS) is 12.3. The van der Waals surface area contributed by atoms with Gasteiger partial charge in [-0.25, -0.2) is 0 Å². The van der Waals surface area contributed by atoms with E-state index in [-0.39, 0.29) is 5.69 Å². The lowest BCUT2D eigenvalue weighted by Crippen LogP contribution is -2.09. The minimum atomic E-state index is -2.89. The van der Waals surface area contributed by atoms with Crippen molar-refractivity contribution >= 4 is 10.9 Å².